The van der Waals surface area contributed by atoms with E-state index >= 15 is 0 Å². The maximum atomic E-state index is 13.9. The molecule has 3 heterocycles. The molecule has 0 unspecified atom stereocenters. The zero-order chi connectivity index (χ0) is 29.1. The first kappa shape index (κ1) is 28.5. The lowest BCUT2D eigenvalue weighted by molar-refractivity contribution is -0.142. The third-order valence-electron chi connectivity index (χ3n) is 7.37. The Hall–Kier alpha value is -4.02. The number of benzene rings is 2. The van der Waals surface area contributed by atoms with Crippen LogP contribution in [0, 0.1) is 12.8 Å². The standard InChI is InChI=1S/C31H35N5O4S/c1-19(2)28(36-17-26(15-33-36)40-25-8-6-5-7-9-25)31(39)35-16-24(37)14-27(35)30(38)34-20(3)22-10-12-23(13-11-22)29-21(4)32-18-41-29/h5-13,15,17-20,24,27-28,37H,14,16H2,1-4H3,(H,34,38)/t20-,24+,27-,28-/m0/s1. The number of hydrogen-bond acceptors (Lipinski definition) is 7. The fraction of sp³-hybridized carbons (Fsp3) is 0.355. The topological polar surface area (TPSA) is 110 Å². The van der Waals surface area contributed by atoms with Crippen LogP contribution >= 0.6 is 11.3 Å². The van der Waals surface area contributed by atoms with Gasteiger partial charge in [0.05, 0.1) is 40.6 Å². The number of likely N-dealkylation sites (tertiary alicyclic amines) is 1. The number of aliphatic hydroxyl groups is 1. The van der Waals surface area contributed by atoms with Crippen molar-refractivity contribution < 1.29 is 19.4 Å². The first-order valence-electron chi connectivity index (χ1n) is 13.8. The Morgan fingerprint density at radius 2 is 1.80 bits per heavy atom. The van der Waals surface area contributed by atoms with Gasteiger partial charge in [-0.25, -0.2) is 4.98 Å². The highest BCUT2D eigenvalue weighted by molar-refractivity contribution is 7.13. The molecule has 2 N–H and O–H groups in total. The molecule has 2 aromatic heterocycles. The molecule has 9 nitrogen and oxygen atoms in total. The molecule has 0 spiro atoms. The smallest absolute Gasteiger partial charge is 0.248 e. The number of para-hydroxylation sites is 1. The van der Waals surface area contributed by atoms with E-state index in [0.29, 0.717) is 11.5 Å². The van der Waals surface area contributed by atoms with Crippen molar-refractivity contribution in [2.75, 3.05) is 6.54 Å². The van der Waals surface area contributed by atoms with Crippen LogP contribution in [0.1, 0.15) is 50.5 Å². The first-order valence-corrected chi connectivity index (χ1v) is 14.7. The van der Waals surface area contributed by atoms with Crippen molar-refractivity contribution >= 4 is 23.2 Å². The third-order valence-corrected chi connectivity index (χ3v) is 8.35. The molecule has 0 radical (unpaired) electrons. The van der Waals surface area contributed by atoms with Gasteiger partial charge < -0.3 is 20.1 Å². The lowest BCUT2D eigenvalue weighted by Gasteiger charge is -2.30. The highest BCUT2D eigenvalue weighted by atomic mass is 32.1. The highest BCUT2D eigenvalue weighted by Crippen LogP contribution is 2.30. The van der Waals surface area contributed by atoms with Gasteiger partial charge in [0.15, 0.2) is 5.75 Å². The van der Waals surface area contributed by atoms with Gasteiger partial charge in [0.25, 0.3) is 0 Å². The van der Waals surface area contributed by atoms with Crippen molar-refractivity contribution in [3.8, 4) is 21.9 Å². The zero-order valence-corrected chi connectivity index (χ0v) is 24.4. The second-order valence-electron chi connectivity index (χ2n) is 10.8. The van der Waals surface area contributed by atoms with Crippen LogP contribution in [0.3, 0.4) is 0 Å². The summed E-state index contributed by atoms with van der Waals surface area (Å²) in [4.78, 5) is 34.3. The summed E-state index contributed by atoms with van der Waals surface area (Å²) in [6, 6.07) is 15.7. The molecule has 2 amide bonds. The molecule has 4 atom stereocenters. The number of carbonyl (C=O) groups excluding carboxylic acids is 2. The number of nitrogens with zero attached hydrogens (tertiary/aromatic N) is 4. The van der Waals surface area contributed by atoms with E-state index in [4.69, 9.17) is 4.74 Å². The van der Waals surface area contributed by atoms with E-state index in [0.717, 1.165) is 21.7 Å². The molecular formula is C31H35N5O4S. The van der Waals surface area contributed by atoms with Crippen LogP contribution in [0.2, 0.25) is 0 Å². The quantitative estimate of drug-likeness (QED) is 0.287. The number of aromatic nitrogens is 3. The molecule has 0 saturated carbocycles. The second kappa shape index (κ2) is 12.2. The summed E-state index contributed by atoms with van der Waals surface area (Å²) in [5.41, 5.74) is 4.85. The van der Waals surface area contributed by atoms with E-state index in [1.807, 2.05) is 87.8 Å². The normalized spacial score (nSPS) is 18.3. The van der Waals surface area contributed by atoms with Crippen LogP contribution in [0.4, 0.5) is 0 Å². The van der Waals surface area contributed by atoms with Gasteiger partial charge in [0, 0.05) is 13.0 Å². The number of β-amino-alcohol motifs (C(OH)–C–C–N with tert-alkyl or cyclic N) is 1. The molecule has 4 aromatic rings. The van der Waals surface area contributed by atoms with Crippen molar-refractivity contribution in [2.24, 2.45) is 5.92 Å². The first-order chi connectivity index (χ1) is 19.7. The third kappa shape index (κ3) is 6.34. The van der Waals surface area contributed by atoms with Crippen molar-refractivity contribution in [3.63, 3.8) is 0 Å². The maximum Gasteiger partial charge on any atom is 0.248 e. The van der Waals surface area contributed by atoms with Crippen molar-refractivity contribution in [1.82, 2.24) is 25.0 Å². The second-order valence-corrected chi connectivity index (χ2v) is 11.6. The molecule has 41 heavy (non-hydrogen) atoms. The molecule has 5 rings (SSSR count). The van der Waals surface area contributed by atoms with Crippen LogP contribution in [0.5, 0.6) is 11.5 Å². The minimum absolute atomic E-state index is 0.0893. The van der Waals surface area contributed by atoms with Gasteiger partial charge in [0.1, 0.15) is 17.8 Å². The number of amides is 2. The summed E-state index contributed by atoms with van der Waals surface area (Å²) in [7, 11) is 0. The zero-order valence-electron chi connectivity index (χ0n) is 23.6. The fourth-order valence-corrected chi connectivity index (χ4v) is 6.04. The Balaban J connectivity index is 1.28. The molecule has 0 bridgehead atoms. The number of carbonyl (C=O) groups is 2. The lowest BCUT2D eigenvalue weighted by Crippen LogP contribution is -2.49. The summed E-state index contributed by atoms with van der Waals surface area (Å²) in [6.45, 7) is 7.86. The molecule has 1 aliphatic heterocycles. The monoisotopic (exact) mass is 573 g/mol. The highest BCUT2D eigenvalue weighted by Gasteiger charge is 2.42. The van der Waals surface area contributed by atoms with Crippen molar-refractivity contribution in [1.29, 1.82) is 0 Å². The van der Waals surface area contributed by atoms with Crippen LogP contribution < -0.4 is 10.1 Å². The predicted molar refractivity (Wildman–Crippen MR) is 158 cm³/mol. The van der Waals surface area contributed by atoms with Crippen LogP contribution in [-0.4, -0.2) is 55.3 Å². The predicted octanol–water partition coefficient (Wildman–Crippen LogP) is 5.14. The van der Waals surface area contributed by atoms with E-state index in [-0.39, 0.29) is 36.7 Å². The molecule has 214 valence electrons. The van der Waals surface area contributed by atoms with Gasteiger partial charge in [-0.05, 0) is 43.0 Å². The minimum atomic E-state index is -0.783. The summed E-state index contributed by atoms with van der Waals surface area (Å²) < 4.78 is 7.46. The van der Waals surface area contributed by atoms with E-state index < -0.39 is 18.2 Å². The SMILES string of the molecule is Cc1ncsc1-c1ccc([C@H](C)NC(=O)[C@@H]2C[C@@H](O)CN2C(=O)[C@H](C(C)C)n2cc(Oc3ccccc3)cn2)cc1. The molecule has 0 aliphatic carbocycles. The number of hydrogen-bond donors (Lipinski definition) is 2. The number of aliphatic hydroxyl groups excluding tert-OH is 1. The average molecular weight is 574 g/mol. The summed E-state index contributed by atoms with van der Waals surface area (Å²) in [5.74, 6) is 0.508. The molecular weight excluding hydrogens is 538 g/mol. The van der Waals surface area contributed by atoms with E-state index in [9.17, 15) is 14.7 Å². The van der Waals surface area contributed by atoms with E-state index in [1.54, 1.807) is 28.4 Å². The van der Waals surface area contributed by atoms with Gasteiger partial charge >= 0.3 is 0 Å². The summed E-state index contributed by atoms with van der Waals surface area (Å²) in [5, 5.41) is 18.0. The molecule has 1 aliphatic rings. The van der Waals surface area contributed by atoms with Gasteiger partial charge in [-0.15, -0.1) is 11.3 Å². The van der Waals surface area contributed by atoms with Gasteiger partial charge in [-0.2, -0.15) is 5.10 Å². The van der Waals surface area contributed by atoms with Gasteiger partial charge in [-0.1, -0.05) is 56.3 Å². The Labute approximate surface area is 243 Å². The van der Waals surface area contributed by atoms with E-state index in [2.05, 4.69) is 15.4 Å². The van der Waals surface area contributed by atoms with Gasteiger partial charge in [0.2, 0.25) is 11.8 Å². The number of thiazole rings is 1. The average Bonchev–Trinajstić information content (AvgIpc) is 3.69. The molecule has 10 heteroatoms. The Morgan fingerprint density at radius 1 is 1.07 bits per heavy atom. The number of aryl methyl sites for hydroxylation is 1. The minimum Gasteiger partial charge on any atom is -0.454 e. The summed E-state index contributed by atoms with van der Waals surface area (Å²) in [6.07, 6.45) is 2.66. The Bertz CT molecular complexity index is 1480. The number of rotatable bonds is 9. The molecule has 1 saturated heterocycles. The number of nitrogens with one attached hydrogen (secondary N) is 1. The van der Waals surface area contributed by atoms with Crippen molar-refractivity contribution in [2.45, 2.75) is 58.3 Å². The summed E-state index contributed by atoms with van der Waals surface area (Å²) >= 11 is 1.60. The molecule has 2 aromatic carbocycles. The fourth-order valence-electron chi connectivity index (χ4n) is 5.22. The Morgan fingerprint density at radius 3 is 2.46 bits per heavy atom. The van der Waals surface area contributed by atoms with Crippen LogP contribution in [0.25, 0.3) is 10.4 Å². The lowest BCUT2D eigenvalue weighted by atomic mass is 10.0. The van der Waals surface area contributed by atoms with Gasteiger partial charge in [-0.3, -0.25) is 14.3 Å². The van der Waals surface area contributed by atoms with Crippen molar-refractivity contribution in [3.05, 3.63) is 83.8 Å². The largest absolute Gasteiger partial charge is 0.454 e. The van der Waals surface area contributed by atoms with E-state index in [1.165, 1.54) is 4.90 Å². The molecule has 1 fully saturated rings. The van der Waals surface area contributed by atoms with Crippen LogP contribution in [-0.2, 0) is 9.59 Å². The number of ether oxygens (including phenoxy) is 1. The maximum absolute atomic E-state index is 13.9. The Kier molecular flexibility index (Phi) is 8.51. The van der Waals surface area contributed by atoms with Crippen LogP contribution in [0.15, 0.2) is 72.5 Å².